The molecule has 0 rings (SSSR count). The molecule has 46 heavy (non-hydrogen) atoms. The van der Waals surface area contributed by atoms with E-state index in [4.69, 9.17) is 37.9 Å². The maximum atomic E-state index is 11.8. The molecule has 1 N–H and O–H groups in total. The van der Waals surface area contributed by atoms with Crippen LogP contribution in [0.3, 0.4) is 0 Å². The summed E-state index contributed by atoms with van der Waals surface area (Å²) in [5.74, 6) is 6.02. The van der Waals surface area contributed by atoms with Gasteiger partial charge in [0, 0.05) is 41.1 Å². The van der Waals surface area contributed by atoms with Gasteiger partial charge in [0.05, 0.1) is 105 Å². The molecule has 0 aliphatic carbocycles. The van der Waals surface area contributed by atoms with E-state index in [9.17, 15) is 4.79 Å². The number of rotatable bonds is 39. The summed E-state index contributed by atoms with van der Waals surface area (Å²) in [4.78, 5) is 11.8. The summed E-state index contributed by atoms with van der Waals surface area (Å²) in [5, 5.41) is 2.81. The van der Waals surface area contributed by atoms with Crippen molar-refractivity contribution in [1.29, 1.82) is 0 Å². The van der Waals surface area contributed by atoms with Crippen LogP contribution in [0.1, 0.15) is 34.1 Å². The number of amides is 1. The van der Waals surface area contributed by atoms with Gasteiger partial charge >= 0.3 is 0 Å². The topological polar surface area (TPSA) is 103 Å². The van der Waals surface area contributed by atoms with Gasteiger partial charge in [-0.2, -0.15) is 0 Å². The Morgan fingerprint density at radius 3 is 1.17 bits per heavy atom. The molecule has 0 radical (unpaired) electrons. The molecule has 0 aromatic rings. The summed E-state index contributed by atoms with van der Waals surface area (Å²) in [6, 6.07) is 0. The molecule has 0 fully saturated rings. The Morgan fingerprint density at radius 1 is 0.478 bits per heavy atom. The normalized spacial score (nSPS) is 11.8. The fourth-order valence-corrected chi connectivity index (χ4v) is 7.95. The molecule has 0 heterocycles. The molecule has 1 amide bonds. The van der Waals surface area contributed by atoms with Crippen molar-refractivity contribution >= 4 is 70.7 Å². The first-order valence-electron chi connectivity index (χ1n) is 16.3. The highest BCUT2D eigenvalue weighted by Gasteiger charge is 2.32. The second-order valence-corrected chi connectivity index (χ2v) is 18.2. The molecular formula is C30H61NO9S6. The minimum absolute atomic E-state index is 0.0186. The highest BCUT2D eigenvalue weighted by molar-refractivity contribution is 8.77. The van der Waals surface area contributed by atoms with Gasteiger partial charge in [-0.1, -0.05) is 92.5 Å². The van der Waals surface area contributed by atoms with E-state index in [-0.39, 0.29) is 12.5 Å². The Labute approximate surface area is 303 Å². The number of nitrogens with one attached hydrogen (secondary N) is 1. The molecule has 0 atom stereocenters. The number of hydrogen-bond donors (Lipinski definition) is 1. The van der Waals surface area contributed by atoms with Crippen LogP contribution in [0.2, 0.25) is 0 Å². The van der Waals surface area contributed by atoms with Crippen LogP contribution in [0.5, 0.6) is 0 Å². The third kappa shape index (κ3) is 33.7. The Bertz CT molecular complexity index is 580. The monoisotopic (exact) mass is 771 g/mol. The molecule has 0 aromatic carbocycles. The number of ether oxygens (including phenoxy) is 8. The predicted octanol–water partition coefficient (Wildman–Crippen LogP) is 5.84. The largest absolute Gasteiger partial charge is 0.378 e. The third-order valence-electron chi connectivity index (χ3n) is 5.46. The summed E-state index contributed by atoms with van der Waals surface area (Å²) in [7, 11) is 11.0. The van der Waals surface area contributed by atoms with Crippen LogP contribution in [0.4, 0.5) is 0 Å². The van der Waals surface area contributed by atoms with Gasteiger partial charge in [-0.15, -0.1) is 0 Å². The zero-order valence-corrected chi connectivity index (χ0v) is 33.5. The lowest BCUT2D eigenvalue weighted by molar-refractivity contribution is -0.129. The second-order valence-electron chi connectivity index (χ2n) is 9.64. The number of carbonyl (C=O) groups excluding carboxylic acids is 1. The average Bonchev–Trinajstić information content (AvgIpc) is 3.06. The van der Waals surface area contributed by atoms with Crippen LogP contribution in [-0.2, 0) is 42.7 Å². The van der Waals surface area contributed by atoms with Crippen LogP contribution < -0.4 is 5.32 Å². The number of hydrogen-bond acceptors (Lipinski definition) is 15. The maximum absolute atomic E-state index is 11.8. The first-order chi connectivity index (χ1) is 22.6. The molecule has 0 bridgehead atoms. The van der Waals surface area contributed by atoms with Crippen molar-refractivity contribution in [2.24, 2.45) is 5.41 Å². The third-order valence-corrected chi connectivity index (χ3v) is 12.8. The molecule has 0 unspecified atom stereocenters. The minimum atomic E-state index is -0.548. The molecular weight excluding hydrogens is 711 g/mol. The van der Waals surface area contributed by atoms with E-state index < -0.39 is 5.41 Å². The van der Waals surface area contributed by atoms with Gasteiger partial charge in [0.1, 0.15) is 6.61 Å². The van der Waals surface area contributed by atoms with Gasteiger partial charge in [0.15, 0.2) is 0 Å². The van der Waals surface area contributed by atoms with Gasteiger partial charge < -0.3 is 43.2 Å². The van der Waals surface area contributed by atoms with Crippen molar-refractivity contribution in [2.45, 2.75) is 34.1 Å². The van der Waals surface area contributed by atoms with E-state index in [1.165, 1.54) is 0 Å². The highest BCUT2D eigenvalue weighted by atomic mass is 33.1. The zero-order valence-electron chi connectivity index (χ0n) is 28.6. The summed E-state index contributed by atoms with van der Waals surface area (Å²) in [5.41, 5.74) is -0.548. The molecule has 276 valence electrons. The first-order valence-corrected chi connectivity index (χ1v) is 23.7. The summed E-state index contributed by atoms with van der Waals surface area (Å²) >= 11 is 0. The van der Waals surface area contributed by atoms with Gasteiger partial charge in [0.2, 0.25) is 5.91 Å². The minimum Gasteiger partial charge on any atom is -0.378 e. The van der Waals surface area contributed by atoms with Crippen molar-refractivity contribution in [2.75, 3.05) is 147 Å². The van der Waals surface area contributed by atoms with Crippen LogP contribution in [0, 0.1) is 5.41 Å². The van der Waals surface area contributed by atoms with E-state index in [1.54, 1.807) is 0 Å². The predicted molar refractivity (Wildman–Crippen MR) is 204 cm³/mol. The first kappa shape index (κ1) is 47.2. The maximum Gasteiger partial charge on any atom is 0.245 e. The lowest BCUT2D eigenvalue weighted by Crippen LogP contribution is -2.43. The lowest BCUT2D eigenvalue weighted by atomic mass is 9.92. The Kier molecular flexibility index (Phi) is 40.1. The summed E-state index contributed by atoms with van der Waals surface area (Å²) in [6.07, 6.45) is 0.888. The Balaban J connectivity index is 4.93. The molecule has 0 saturated heterocycles. The molecule has 10 nitrogen and oxygen atoms in total. The van der Waals surface area contributed by atoms with Crippen molar-refractivity contribution < 1.29 is 42.7 Å². The van der Waals surface area contributed by atoms with E-state index in [0.717, 1.165) is 40.9 Å². The second kappa shape index (κ2) is 39.0. The standard InChI is InChI=1S/C30H61NO9S6/c1-5-9-31-29(32)24-36-13-17-40-28-30(25-37-14-10-33-18-21-44-41-6-2,26-38-15-11-34-19-22-45-42-7-3)27-39-16-12-35-20-23-46-43-8-4/h5-28H2,1-4H3,(H,31,32). The zero-order chi connectivity index (χ0) is 33.7. The van der Waals surface area contributed by atoms with E-state index in [1.807, 2.05) is 71.7 Å². The van der Waals surface area contributed by atoms with Crippen molar-refractivity contribution in [3.63, 3.8) is 0 Å². The van der Waals surface area contributed by atoms with E-state index in [0.29, 0.717) is 106 Å². The van der Waals surface area contributed by atoms with Crippen molar-refractivity contribution in [3.05, 3.63) is 0 Å². The Hall–Kier alpha value is 1.25. The van der Waals surface area contributed by atoms with Gasteiger partial charge in [0.25, 0.3) is 0 Å². The molecule has 0 spiro atoms. The molecule has 0 saturated carbocycles. The fourth-order valence-electron chi connectivity index (χ4n) is 3.37. The lowest BCUT2D eigenvalue weighted by Gasteiger charge is -2.33. The van der Waals surface area contributed by atoms with E-state index in [2.05, 4.69) is 26.1 Å². The van der Waals surface area contributed by atoms with Crippen molar-refractivity contribution in [3.8, 4) is 0 Å². The summed E-state index contributed by atoms with van der Waals surface area (Å²) in [6.45, 7) is 16.3. The van der Waals surface area contributed by atoms with Gasteiger partial charge in [-0.3, -0.25) is 4.79 Å². The Morgan fingerprint density at radius 2 is 0.826 bits per heavy atom. The van der Waals surface area contributed by atoms with Crippen LogP contribution in [0.25, 0.3) is 0 Å². The molecule has 16 heteroatoms. The fraction of sp³-hybridized carbons (Fsp3) is 0.967. The summed E-state index contributed by atoms with van der Waals surface area (Å²) < 4.78 is 47.1. The van der Waals surface area contributed by atoms with Crippen LogP contribution >= 0.6 is 64.8 Å². The van der Waals surface area contributed by atoms with Gasteiger partial charge in [-0.05, 0) is 6.42 Å². The van der Waals surface area contributed by atoms with Gasteiger partial charge in [-0.25, -0.2) is 0 Å². The molecule has 0 aliphatic heterocycles. The van der Waals surface area contributed by atoms with E-state index >= 15 is 0 Å². The number of carbonyl (C=O) groups is 1. The SMILES string of the molecule is CCCNC(=O)COCCOCC(COCCOCCSSCC)(COCCOCCSSCC)COCCOCCSSCC. The smallest absolute Gasteiger partial charge is 0.245 e. The molecule has 0 aliphatic rings. The quantitative estimate of drug-likeness (QED) is 0.0598. The molecule has 0 aromatic heterocycles. The van der Waals surface area contributed by atoms with Crippen molar-refractivity contribution in [1.82, 2.24) is 5.32 Å². The average molecular weight is 772 g/mol. The van der Waals surface area contributed by atoms with Crippen LogP contribution in [-0.4, -0.2) is 153 Å². The highest BCUT2D eigenvalue weighted by Crippen LogP contribution is 2.22. The van der Waals surface area contributed by atoms with Crippen LogP contribution in [0.15, 0.2) is 0 Å².